The lowest BCUT2D eigenvalue weighted by Gasteiger charge is -2.06. The van der Waals surface area contributed by atoms with Crippen molar-refractivity contribution in [1.29, 1.82) is 0 Å². The molecule has 1 heterocycles. The smallest absolute Gasteiger partial charge is 0.254 e. The fraction of sp³-hybridized carbons (Fsp3) is 0.333. The Labute approximate surface area is 82.3 Å². The standard InChI is InChI=1S/C9H13N3O2/c1-11-5-6-14-9-7(8(10)13)3-2-4-12-9/h2-4,11H,5-6H2,1H3,(H2,10,13). The summed E-state index contributed by atoms with van der Waals surface area (Å²) in [5, 5.41) is 2.92. The predicted octanol–water partition coefficient (Wildman–Crippen LogP) is -0.221. The number of pyridine rings is 1. The summed E-state index contributed by atoms with van der Waals surface area (Å²) in [6.45, 7) is 1.14. The molecular weight excluding hydrogens is 182 g/mol. The van der Waals surface area contributed by atoms with Gasteiger partial charge in [0.25, 0.3) is 5.91 Å². The van der Waals surface area contributed by atoms with Crippen molar-refractivity contribution in [3.63, 3.8) is 0 Å². The van der Waals surface area contributed by atoms with Crippen LogP contribution >= 0.6 is 0 Å². The highest BCUT2D eigenvalue weighted by Crippen LogP contribution is 2.12. The molecule has 0 unspecified atom stereocenters. The number of nitrogens with one attached hydrogen (secondary N) is 1. The molecule has 0 atom stereocenters. The van der Waals surface area contributed by atoms with E-state index in [2.05, 4.69) is 10.3 Å². The highest BCUT2D eigenvalue weighted by Gasteiger charge is 2.08. The largest absolute Gasteiger partial charge is 0.476 e. The van der Waals surface area contributed by atoms with Gasteiger partial charge in [0.2, 0.25) is 5.88 Å². The third-order valence-electron chi connectivity index (χ3n) is 1.63. The molecule has 0 aliphatic carbocycles. The van der Waals surface area contributed by atoms with Crippen LogP contribution in [0.4, 0.5) is 0 Å². The number of primary amides is 1. The van der Waals surface area contributed by atoms with Gasteiger partial charge < -0.3 is 15.8 Å². The predicted molar refractivity (Wildman–Crippen MR) is 52.2 cm³/mol. The maximum absolute atomic E-state index is 10.9. The molecular formula is C9H13N3O2. The summed E-state index contributed by atoms with van der Waals surface area (Å²) in [6.07, 6.45) is 1.56. The van der Waals surface area contributed by atoms with Crippen molar-refractivity contribution in [2.45, 2.75) is 0 Å². The Morgan fingerprint density at radius 1 is 1.71 bits per heavy atom. The Kier molecular flexibility index (Phi) is 3.87. The first-order valence-corrected chi connectivity index (χ1v) is 4.28. The first kappa shape index (κ1) is 10.5. The summed E-state index contributed by atoms with van der Waals surface area (Å²) in [5.41, 5.74) is 5.45. The lowest BCUT2D eigenvalue weighted by molar-refractivity contribution is 0.0995. The Morgan fingerprint density at radius 2 is 2.50 bits per heavy atom. The average Bonchev–Trinajstić information content (AvgIpc) is 2.19. The zero-order valence-electron chi connectivity index (χ0n) is 7.99. The molecule has 1 aromatic rings. The van der Waals surface area contributed by atoms with Crippen molar-refractivity contribution in [3.8, 4) is 5.88 Å². The van der Waals surface area contributed by atoms with Crippen LogP contribution in [0.25, 0.3) is 0 Å². The number of amides is 1. The zero-order chi connectivity index (χ0) is 10.4. The van der Waals surface area contributed by atoms with E-state index in [4.69, 9.17) is 10.5 Å². The van der Waals surface area contributed by atoms with Gasteiger partial charge in [-0.25, -0.2) is 4.98 Å². The summed E-state index contributed by atoms with van der Waals surface area (Å²) in [4.78, 5) is 14.9. The molecule has 5 nitrogen and oxygen atoms in total. The molecule has 3 N–H and O–H groups in total. The van der Waals surface area contributed by atoms with Gasteiger partial charge in [-0.1, -0.05) is 0 Å². The number of aromatic nitrogens is 1. The summed E-state index contributed by atoms with van der Waals surface area (Å²) in [5.74, 6) is -0.243. The zero-order valence-corrected chi connectivity index (χ0v) is 7.99. The van der Waals surface area contributed by atoms with Crippen LogP contribution in [0.3, 0.4) is 0 Å². The van der Waals surface area contributed by atoms with E-state index in [1.54, 1.807) is 18.3 Å². The Balaban J connectivity index is 2.69. The van der Waals surface area contributed by atoms with Gasteiger partial charge in [0.1, 0.15) is 12.2 Å². The highest BCUT2D eigenvalue weighted by atomic mass is 16.5. The first-order chi connectivity index (χ1) is 6.75. The van der Waals surface area contributed by atoms with Gasteiger partial charge in [-0.3, -0.25) is 4.79 Å². The van der Waals surface area contributed by atoms with E-state index < -0.39 is 5.91 Å². The fourth-order valence-corrected chi connectivity index (χ4v) is 0.943. The van der Waals surface area contributed by atoms with Crippen LogP contribution in [0.2, 0.25) is 0 Å². The van der Waals surface area contributed by atoms with E-state index >= 15 is 0 Å². The van der Waals surface area contributed by atoms with Gasteiger partial charge in [0.15, 0.2) is 0 Å². The molecule has 0 aliphatic heterocycles. The monoisotopic (exact) mass is 195 g/mol. The van der Waals surface area contributed by atoms with Crippen LogP contribution in [0.15, 0.2) is 18.3 Å². The Morgan fingerprint density at radius 3 is 3.14 bits per heavy atom. The molecule has 0 aliphatic rings. The van der Waals surface area contributed by atoms with E-state index in [0.717, 1.165) is 0 Å². The number of carbonyl (C=O) groups is 1. The van der Waals surface area contributed by atoms with Crippen LogP contribution in [0.1, 0.15) is 10.4 Å². The molecule has 14 heavy (non-hydrogen) atoms. The molecule has 76 valence electrons. The van der Waals surface area contributed by atoms with Crippen LogP contribution in [0.5, 0.6) is 5.88 Å². The molecule has 0 spiro atoms. The van der Waals surface area contributed by atoms with E-state index in [1.807, 2.05) is 7.05 Å². The Bertz CT molecular complexity index is 315. The molecule has 0 saturated heterocycles. The molecule has 0 saturated carbocycles. The molecule has 0 aromatic carbocycles. The van der Waals surface area contributed by atoms with Crippen molar-refractivity contribution in [2.24, 2.45) is 5.73 Å². The number of hydrogen-bond donors (Lipinski definition) is 2. The third-order valence-corrected chi connectivity index (χ3v) is 1.63. The second-order valence-electron chi connectivity index (χ2n) is 2.67. The average molecular weight is 195 g/mol. The maximum Gasteiger partial charge on any atom is 0.254 e. The summed E-state index contributed by atoms with van der Waals surface area (Å²) in [7, 11) is 1.82. The second kappa shape index (κ2) is 5.18. The lowest BCUT2D eigenvalue weighted by Crippen LogP contribution is -2.19. The van der Waals surface area contributed by atoms with Gasteiger partial charge >= 0.3 is 0 Å². The summed E-state index contributed by atoms with van der Waals surface area (Å²) in [6, 6.07) is 3.23. The number of ether oxygens (including phenoxy) is 1. The molecule has 1 rings (SSSR count). The van der Waals surface area contributed by atoms with Crippen molar-refractivity contribution >= 4 is 5.91 Å². The van der Waals surface area contributed by atoms with Crippen LogP contribution < -0.4 is 15.8 Å². The maximum atomic E-state index is 10.9. The van der Waals surface area contributed by atoms with E-state index in [9.17, 15) is 4.79 Å². The fourth-order valence-electron chi connectivity index (χ4n) is 0.943. The number of carbonyl (C=O) groups excluding carboxylic acids is 1. The minimum atomic E-state index is -0.530. The van der Waals surface area contributed by atoms with Gasteiger partial charge in [-0.15, -0.1) is 0 Å². The topological polar surface area (TPSA) is 77.2 Å². The Hall–Kier alpha value is -1.62. The lowest BCUT2D eigenvalue weighted by atomic mass is 10.2. The molecule has 5 heteroatoms. The molecule has 1 aromatic heterocycles. The van der Waals surface area contributed by atoms with Crippen LogP contribution in [-0.2, 0) is 0 Å². The minimum Gasteiger partial charge on any atom is -0.476 e. The second-order valence-corrected chi connectivity index (χ2v) is 2.67. The van der Waals surface area contributed by atoms with E-state index in [0.29, 0.717) is 18.7 Å². The van der Waals surface area contributed by atoms with Gasteiger partial charge in [0.05, 0.1) is 0 Å². The molecule has 0 radical (unpaired) electrons. The molecule has 1 amide bonds. The van der Waals surface area contributed by atoms with Crippen molar-refractivity contribution in [2.75, 3.05) is 20.2 Å². The van der Waals surface area contributed by atoms with Crippen LogP contribution in [0, 0.1) is 0 Å². The SMILES string of the molecule is CNCCOc1ncccc1C(N)=O. The summed E-state index contributed by atoms with van der Waals surface area (Å²) >= 11 is 0. The van der Waals surface area contributed by atoms with Crippen molar-refractivity contribution in [1.82, 2.24) is 10.3 Å². The van der Waals surface area contributed by atoms with E-state index in [-0.39, 0.29) is 5.88 Å². The quantitative estimate of drug-likeness (QED) is 0.637. The minimum absolute atomic E-state index is 0.287. The summed E-state index contributed by atoms with van der Waals surface area (Å²) < 4.78 is 5.26. The van der Waals surface area contributed by atoms with Gasteiger partial charge in [-0.2, -0.15) is 0 Å². The van der Waals surface area contributed by atoms with Crippen LogP contribution in [-0.4, -0.2) is 31.1 Å². The van der Waals surface area contributed by atoms with Gasteiger partial charge in [-0.05, 0) is 19.2 Å². The third kappa shape index (κ3) is 2.70. The number of likely N-dealkylation sites (N-methyl/N-ethyl adjacent to an activating group) is 1. The van der Waals surface area contributed by atoms with E-state index in [1.165, 1.54) is 0 Å². The van der Waals surface area contributed by atoms with Crippen molar-refractivity contribution in [3.05, 3.63) is 23.9 Å². The normalized spacial score (nSPS) is 9.79. The van der Waals surface area contributed by atoms with Crippen molar-refractivity contribution < 1.29 is 9.53 Å². The number of nitrogens with two attached hydrogens (primary N) is 1. The molecule has 0 fully saturated rings. The number of rotatable bonds is 5. The number of hydrogen-bond acceptors (Lipinski definition) is 4. The first-order valence-electron chi connectivity index (χ1n) is 4.28. The highest BCUT2D eigenvalue weighted by molar-refractivity contribution is 5.94. The molecule has 0 bridgehead atoms. The number of nitrogens with zero attached hydrogens (tertiary/aromatic N) is 1. The van der Waals surface area contributed by atoms with Gasteiger partial charge in [0, 0.05) is 12.7 Å².